The maximum Gasteiger partial charge on any atom is 0.410 e. The van der Waals surface area contributed by atoms with E-state index in [0.717, 1.165) is 21.3 Å². The van der Waals surface area contributed by atoms with Gasteiger partial charge in [0.25, 0.3) is 5.91 Å². The van der Waals surface area contributed by atoms with E-state index in [2.05, 4.69) is 43.4 Å². The number of piperazine rings is 1. The summed E-state index contributed by atoms with van der Waals surface area (Å²) in [7, 11) is 0. The van der Waals surface area contributed by atoms with Gasteiger partial charge < -0.3 is 10.2 Å². The molecule has 1 N–H and O–H groups in total. The largest absolute Gasteiger partial charge is 0.410 e. The standard InChI is InChI=1S/C25H25BrF3N5O/c26-19-8-6-18(7-9-19)21-14-22(25(27,28)29)34-23(31-21)20(15-30-34)24(35)33-12-10-32(11-13-33)16-17-4-2-1-3-5-17/h1-9,15,21-22,31H,10-14,16H2. The van der Waals surface area contributed by atoms with Crippen LogP contribution in [0.25, 0.3) is 0 Å². The molecule has 2 atom stereocenters. The Hall–Kier alpha value is -2.85. The van der Waals surface area contributed by atoms with Crippen LogP contribution in [0.1, 0.15) is 40.0 Å². The Balaban J connectivity index is 1.34. The Kier molecular flexibility index (Phi) is 6.59. The van der Waals surface area contributed by atoms with E-state index in [-0.39, 0.29) is 23.7 Å². The highest BCUT2D eigenvalue weighted by atomic mass is 79.9. The molecule has 1 saturated heterocycles. The fourth-order valence-electron chi connectivity index (χ4n) is 4.75. The van der Waals surface area contributed by atoms with Crippen LogP contribution in [0.2, 0.25) is 0 Å². The number of halogens is 4. The molecule has 184 valence electrons. The minimum absolute atomic E-state index is 0.128. The van der Waals surface area contributed by atoms with Crippen LogP contribution in [-0.2, 0) is 6.54 Å². The zero-order valence-electron chi connectivity index (χ0n) is 18.9. The molecule has 0 aliphatic carbocycles. The highest BCUT2D eigenvalue weighted by molar-refractivity contribution is 9.10. The fourth-order valence-corrected chi connectivity index (χ4v) is 5.02. The summed E-state index contributed by atoms with van der Waals surface area (Å²) in [5.41, 5.74) is 2.11. The van der Waals surface area contributed by atoms with Gasteiger partial charge in [0.05, 0.1) is 12.2 Å². The number of benzene rings is 2. The van der Waals surface area contributed by atoms with Crippen molar-refractivity contribution in [2.45, 2.75) is 31.2 Å². The quantitative estimate of drug-likeness (QED) is 0.483. The van der Waals surface area contributed by atoms with Crippen LogP contribution in [0.5, 0.6) is 0 Å². The lowest BCUT2D eigenvalue weighted by molar-refractivity contribution is -0.173. The lowest BCUT2D eigenvalue weighted by Gasteiger charge is -2.36. The van der Waals surface area contributed by atoms with E-state index in [1.807, 2.05) is 18.2 Å². The normalized spacial score (nSPS) is 20.9. The molecule has 2 aliphatic heterocycles. The molecule has 3 aromatic rings. The van der Waals surface area contributed by atoms with Gasteiger partial charge in [-0.2, -0.15) is 18.3 Å². The average Bonchev–Trinajstić information content (AvgIpc) is 3.28. The number of aromatic nitrogens is 2. The molecule has 5 rings (SSSR count). The second-order valence-electron chi connectivity index (χ2n) is 8.95. The minimum Gasteiger partial charge on any atom is -0.363 e. The smallest absolute Gasteiger partial charge is 0.363 e. The fraction of sp³-hybridized carbons (Fsp3) is 0.360. The Labute approximate surface area is 209 Å². The van der Waals surface area contributed by atoms with Gasteiger partial charge in [0.15, 0.2) is 6.04 Å². The number of amides is 1. The van der Waals surface area contributed by atoms with Gasteiger partial charge in [-0.05, 0) is 23.3 Å². The lowest BCUT2D eigenvalue weighted by atomic mass is 9.96. The van der Waals surface area contributed by atoms with Crippen molar-refractivity contribution >= 4 is 27.7 Å². The second kappa shape index (κ2) is 9.66. The Morgan fingerprint density at radius 3 is 2.37 bits per heavy atom. The van der Waals surface area contributed by atoms with E-state index >= 15 is 0 Å². The third-order valence-electron chi connectivity index (χ3n) is 6.65. The van der Waals surface area contributed by atoms with E-state index in [9.17, 15) is 18.0 Å². The molecular weight excluding hydrogens is 523 g/mol. The third-order valence-corrected chi connectivity index (χ3v) is 7.18. The molecule has 1 aromatic heterocycles. The van der Waals surface area contributed by atoms with E-state index in [4.69, 9.17) is 0 Å². The van der Waals surface area contributed by atoms with Gasteiger partial charge in [0, 0.05) is 43.6 Å². The van der Waals surface area contributed by atoms with Crippen molar-refractivity contribution in [1.29, 1.82) is 0 Å². The molecule has 6 nitrogen and oxygen atoms in total. The number of nitrogens with one attached hydrogen (secondary N) is 1. The Morgan fingerprint density at radius 1 is 1.03 bits per heavy atom. The number of carbonyl (C=O) groups excluding carboxylic acids is 1. The van der Waals surface area contributed by atoms with Crippen LogP contribution in [0, 0.1) is 0 Å². The van der Waals surface area contributed by atoms with Gasteiger partial charge in [-0.25, -0.2) is 4.68 Å². The number of alkyl halides is 3. The summed E-state index contributed by atoms with van der Waals surface area (Å²) in [5, 5.41) is 7.17. The predicted molar refractivity (Wildman–Crippen MR) is 130 cm³/mol. The van der Waals surface area contributed by atoms with Crippen molar-refractivity contribution in [2.24, 2.45) is 0 Å². The van der Waals surface area contributed by atoms with Crippen LogP contribution in [0.3, 0.4) is 0 Å². The third kappa shape index (κ3) is 5.08. The SMILES string of the molecule is O=C(c1cnn2c1NC(c1ccc(Br)cc1)CC2C(F)(F)F)N1CCN(Cc2ccccc2)CC1. The summed E-state index contributed by atoms with van der Waals surface area (Å²) in [6.07, 6.45) is -3.42. The molecular formula is C25H25BrF3N5O. The molecule has 0 radical (unpaired) electrons. The molecule has 0 saturated carbocycles. The zero-order valence-corrected chi connectivity index (χ0v) is 20.5. The molecule has 35 heavy (non-hydrogen) atoms. The highest BCUT2D eigenvalue weighted by Crippen LogP contribution is 2.44. The van der Waals surface area contributed by atoms with Gasteiger partial charge in [0.1, 0.15) is 11.4 Å². The number of anilines is 1. The van der Waals surface area contributed by atoms with Crippen molar-refractivity contribution < 1.29 is 18.0 Å². The maximum atomic E-state index is 14.0. The number of nitrogens with zero attached hydrogens (tertiary/aromatic N) is 4. The van der Waals surface area contributed by atoms with Crippen molar-refractivity contribution in [1.82, 2.24) is 19.6 Å². The van der Waals surface area contributed by atoms with Crippen molar-refractivity contribution in [3.8, 4) is 0 Å². The van der Waals surface area contributed by atoms with Crippen LogP contribution in [0.4, 0.5) is 19.0 Å². The summed E-state index contributed by atoms with van der Waals surface area (Å²) in [6.45, 7) is 3.22. The van der Waals surface area contributed by atoms with E-state index in [1.54, 1.807) is 29.2 Å². The predicted octanol–water partition coefficient (Wildman–Crippen LogP) is 5.26. The molecule has 2 aliphatic rings. The van der Waals surface area contributed by atoms with Gasteiger partial charge in [-0.1, -0.05) is 58.4 Å². The van der Waals surface area contributed by atoms with Gasteiger partial charge in [-0.3, -0.25) is 9.69 Å². The van der Waals surface area contributed by atoms with Crippen LogP contribution >= 0.6 is 15.9 Å². The summed E-state index contributed by atoms with van der Waals surface area (Å²) >= 11 is 3.36. The minimum atomic E-state index is -4.49. The molecule has 2 aromatic carbocycles. The summed E-state index contributed by atoms with van der Waals surface area (Å²) in [5.74, 6) is -0.168. The first-order chi connectivity index (χ1) is 16.8. The molecule has 1 fully saturated rings. The number of fused-ring (bicyclic) bond motifs is 1. The van der Waals surface area contributed by atoms with Gasteiger partial charge in [-0.15, -0.1) is 0 Å². The molecule has 10 heteroatoms. The first kappa shape index (κ1) is 23.9. The second-order valence-corrected chi connectivity index (χ2v) is 9.86. The summed E-state index contributed by atoms with van der Waals surface area (Å²) in [4.78, 5) is 17.3. The van der Waals surface area contributed by atoms with Crippen molar-refractivity contribution in [3.63, 3.8) is 0 Å². The number of rotatable bonds is 4. The van der Waals surface area contributed by atoms with Gasteiger partial charge >= 0.3 is 6.18 Å². The van der Waals surface area contributed by atoms with Crippen LogP contribution in [-0.4, -0.2) is 57.8 Å². The molecule has 0 spiro atoms. The van der Waals surface area contributed by atoms with E-state index < -0.39 is 18.3 Å². The Morgan fingerprint density at radius 2 is 1.71 bits per heavy atom. The average molecular weight is 548 g/mol. The topological polar surface area (TPSA) is 53.4 Å². The first-order valence-electron chi connectivity index (χ1n) is 11.5. The van der Waals surface area contributed by atoms with Crippen LogP contribution < -0.4 is 5.32 Å². The Bertz CT molecular complexity index is 1170. The summed E-state index contributed by atoms with van der Waals surface area (Å²) < 4.78 is 43.7. The number of hydrogen-bond donors (Lipinski definition) is 1. The molecule has 2 unspecified atom stereocenters. The van der Waals surface area contributed by atoms with Crippen molar-refractivity contribution in [2.75, 3.05) is 31.5 Å². The lowest BCUT2D eigenvalue weighted by Crippen LogP contribution is -2.48. The first-order valence-corrected chi connectivity index (χ1v) is 12.3. The van der Waals surface area contributed by atoms with Crippen molar-refractivity contribution in [3.05, 3.63) is 82.0 Å². The molecule has 3 heterocycles. The van der Waals surface area contributed by atoms with Gasteiger partial charge in [0.2, 0.25) is 0 Å². The zero-order chi connectivity index (χ0) is 24.6. The highest BCUT2D eigenvalue weighted by Gasteiger charge is 2.47. The van der Waals surface area contributed by atoms with E-state index in [1.165, 1.54) is 11.8 Å². The number of carbonyl (C=O) groups is 1. The number of hydrogen-bond acceptors (Lipinski definition) is 4. The molecule has 0 bridgehead atoms. The van der Waals surface area contributed by atoms with Crippen LogP contribution in [0.15, 0.2) is 65.3 Å². The monoisotopic (exact) mass is 547 g/mol. The molecule has 1 amide bonds. The van der Waals surface area contributed by atoms with E-state index in [0.29, 0.717) is 26.2 Å². The maximum absolute atomic E-state index is 14.0. The summed E-state index contributed by atoms with van der Waals surface area (Å²) in [6, 6.07) is 14.9.